The molecule has 2 N–H and O–H groups in total. The first-order chi connectivity index (χ1) is 9.15. The Morgan fingerprint density at radius 3 is 2.63 bits per heavy atom. The summed E-state index contributed by atoms with van der Waals surface area (Å²) in [7, 11) is 1.74. The van der Waals surface area contributed by atoms with Crippen molar-refractivity contribution in [2.45, 2.75) is 37.9 Å². The Labute approximate surface area is 120 Å². The van der Waals surface area contributed by atoms with Crippen molar-refractivity contribution in [2.75, 3.05) is 20.3 Å². The molecule has 0 aliphatic heterocycles. The fourth-order valence-corrected chi connectivity index (χ4v) is 2.88. The molecule has 0 saturated heterocycles. The molecular formula is C15H23ClN2O. The van der Waals surface area contributed by atoms with Gasteiger partial charge < -0.3 is 10.5 Å². The Bertz CT molecular complexity index is 407. The molecule has 1 aromatic rings. The molecule has 2 rings (SSSR count). The fraction of sp³-hybridized carbons (Fsp3) is 0.600. The van der Waals surface area contributed by atoms with E-state index >= 15 is 0 Å². The highest BCUT2D eigenvalue weighted by Crippen LogP contribution is 2.37. The quantitative estimate of drug-likeness (QED) is 0.836. The minimum atomic E-state index is 0.0392. The second-order valence-corrected chi connectivity index (χ2v) is 5.69. The molecule has 1 saturated carbocycles. The van der Waals surface area contributed by atoms with Crippen LogP contribution in [0.25, 0.3) is 0 Å². The number of halogens is 1. The first-order valence-electron chi connectivity index (χ1n) is 6.90. The third kappa shape index (κ3) is 3.69. The first-order valence-corrected chi connectivity index (χ1v) is 7.27. The van der Waals surface area contributed by atoms with Crippen LogP contribution < -0.4 is 5.73 Å². The molecule has 0 heterocycles. The summed E-state index contributed by atoms with van der Waals surface area (Å²) in [6.45, 7) is 3.68. The van der Waals surface area contributed by atoms with Gasteiger partial charge in [-0.05, 0) is 31.4 Å². The van der Waals surface area contributed by atoms with Crippen LogP contribution in [-0.2, 0) is 4.74 Å². The van der Waals surface area contributed by atoms with Gasteiger partial charge in [-0.15, -0.1) is 0 Å². The van der Waals surface area contributed by atoms with Crippen LogP contribution in [0.2, 0.25) is 5.02 Å². The Hall–Kier alpha value is -0.610. The van der Waals surface area contributed by atoms with Gasteiger partial charge in [-0.25, -0.2) is 0 Å². The molecule has 1 aliphatic rings. The number of nitrogens with zero attached hydrogens (tertiary/aromatic N) is 1. The zero-order chi connectivity index (χ0) is 13.8. The van der Waals surface area contributed by atoms with Crippen molar-refractivity contribution in [1.82, 2.24) is 4.90 Å². The first kappa shape index (κ1) is 14.8. The van der Waals surface area contributed by atoms with E-state index in [0.717, 1.165) is 23.7 Å². The van der Waals surface area contributed by atoms with Gasteiger partial charge in [-0.2, -0.15) is 0 Å². The molecule has 1 fully saturated rings. The Morgan fingerprint density at radius 2 is 2.11 bits per heavy atom. The highest BCUT2D eigenvalue weighted by Gasteiger charge is 2.36. The smallest absolute Gasteiger partial charge is 0.0590 e. The van der Waals surface area contributed by atoms with Crippen molar-refractivity contribution >= 4 is 11.6 Å². The van der Waals surface area contributed by atoms with Crippen molar-refractivity contribution in [3.8, 4) is 0 Å². The summed E-state index contributed by atoms with van der Waals surface area (Å²) >= 11 is 6.35. The van der Waals surface area contributed by atoms with Gasteiger partial charge in [0.2, 0.25) is 0 Å². The van der Waals surface area contributed by atoms with Crippen LogP contribution in [0.15, 0.2) is 24.3 Å². The van der Waals surface area contributed by atoms with E-state index in [9.17, 15) is 0 Å². The van der Waals surface area contributed by atoms with Crippen molar-refractivity contribution in [3.05, 3.63) is 34.9 Å². The molecule has 1 aromatic carbocycles. The molecule has 3 nitrogen and oxygen atoms in total. The van der Waals surface area contributed by atoms with Gasteiger partial charge in [0.1, 0.15) is 0 Å². The lowest BCUT2D eigenvalue weighted by Gasteiger charge is -2.35. The molecule has 4 heteroatoms. The van der Waals surface area contributed by atoms with Crippen LogP contribution in [0.1, 0.15) is 31.4 Å². The lowest BCUT2D eigenvalue weighted by molar-refractivity contribution is 0.104. The predicted octanol–water partition coefficient (Wildman–Crippen LogP) is 2.84. The third-order valence-electron chi connectivity index (χ3n) is 3.65. The monoisotopic (exact) mass is 282 g/mol. The molecule has 0 bridgehead atoms. The molecule has 2 atom stereocenters. The Morgan fingerprint density at radius 1 is 1.42 bits per heavy atom. The van der Waals surface area contributed by atoms with Gasteiger partial charge in [-0.3, -0.25) is 4.90 Å². The zero-order valence-corrected chi connectivity index (χ0v) is 12.4. The zero-order valence-electron chi connectivity index (χ0n) is 11.7. The summed E-state index contributed by atoms with van der Waals surface area (Å²) in [5.41, 5.74) is 7.36. The van der Waals surface area contributed by atoms with Crippen molar-refractivity contribution in [2.24, 2.45) is 5.73 Å². The highest BCUT2D eigenvalue weighted by molar-refractivity contribution is 6.31. The highest BCUT2D eigenvalue weighted by atomic mass is 35.5. The van der Waals surface area contributed by atoms with E-state index in [2.05, 4.69) is 17.9 Å². The second-order valence-electron chi connectivity index (χ2n) is 5.29. The molecule has 2 unspecified atom stereocenters. The summed E-state index contributed by atoms with van der Waals surface area (Å²) in [4.78, 5) is 2.45. The molecular weight excluding hydrogens is 260 g/mol. The van der Waals surface area contributed by atoms with Crippen LogP contribution in [0.5, 0.6) is 0 Å². The Kier molecular flexibility index (Phi) is 5.22. The van der Waals surface area contributed by atoms with Crippen LogP contribution in [0.3, 0.4) is 0 Å². The van der Waals surface area contributed by atoms with E-state index in [-0.39, 0.29) is 12.1 Å². The van der Waals surface area contributed by atoms with E-state index in [0.29, 0.717) is 6.04 Å². The average Bonchev–Trinajstić information content (AvgIpc) is 3.20. The number of hydrogen-bond donors (Lipinski definition) is 1. The maximum absolute atomic E-state index is 6.35. The van der Waals surface area contributed by atoms with E-state index in [1.165, 1.54) is 12.8 Å². The topological polar surface area (TPSA) is 38.5 Å². The maximum atomic E-state index is 6.35. The minimum Gasteiger partial charge on any atom is -0.383 e. The van der Waals surface area contributed by atoms with E-state index in [1.54, 1.807) is 7.11 Å². The number of methoxy groups -OCH3 is 1. The van der Waals surface area contributed by atoms with Gasteiger partial charge in [0.05, 0.1) is 12.6 Å². The van der Waals surface area contributed by atoms with Crippen LogP contribution in [0.4, 0.5) is 0 Å². The summed E-state index contributed by atoms with van der Waals surface area (Å²) in [6.07, 6.45) is 2.49. The number of ether oxygens (including phenoxy) is 1. The SMILES string of the molecule is COCCN(C1CC1)C(c1ccccc1Cl)C(C)N. The normalized spacial score (nSPS) is 18.6. The van der Waals surface area contributed by atoms with Crippen molar-refractivity contribution in [1.29, 1.82) is 0 Å². The van der Waals surface area contributed by atoms with E-state index in [1.807, 2.05) is 18.2 Å². The molecule has 106 valence electrons. The number of hydrogen-bond acceptors (Lipinski definition) is 3. The molecule has 0 aromatic heterocycles. The van der Waals surface area contributed by atoms with E-state index < -0.39 is 0 Å². The summed E-state index contributed by atoms with van der Waals surface area (Å²) in [5, 5.41) is 0.799. The molecule has 0 radical (unpaired) electrons. The Balaban J connectivity index is 2.24. The predicted molar refractivity (Wildman–Crippen MR) is 79.4 cm³/mol. The largest absolute Gasteiger partial charge is 0.383 e. The van der Waals surface area contributed by atoms with Crippen LogP contribution in [-0.4, -0.2) is 37.2 Å². The second kappa shape index (κ2) is 6.71. The van der Waals surface area contributed by atoms with E-state index in [4.69, 9.17) is 22.1 Å². The fourth-order valence-electron chi connectivity index (χ4n) is 2.63. The van der Waals surface area contributed by atoms with Crippen LogP contribution >= 0.6 is 11.6 Å². The third-order valence-corrected chi connectivity index (χ3v) is 3.99. The lowest BCUT2D eigenvalue weighted by atomic mass is 9.98. The molecule has 0 spiro atoms. The summed E-state index contributed by atoms with van der Waals surface area (Å²) in [6, 6.07) is 8.83. The maximum Gasteiger partial charge on any atom is 0.0590 e. The van der Waals surface area contributed by atoms with Crippen LogP contribution in [0, 0.1) is 0 Å². The van der Waals surface area contributed by atoms with Gasteiger partial charge in [0.25, 0.3) is 0 Å². The number of benzene rings is 1. The van der Waals surface area contributed by atoms with Gasteiger partial charge in [0, 0.05) is 30.8 Å². The standard InChI is InChI=1S/C15H23ClN2O/c1-11(17)15(13-5-3-4-6-14(13)16)18(9-10-19-2)12-7-8-12/h3-6,11-12,15H,7-10,17H2,1-2H3. The summed E-state index contributed by atoms with van der Waals surface area (Å²) in [5.74, 6) is 0. The van der Waals surface area contributed by atoms with Crippen molar-refractivity contribution < 1.29 is 4.74 Å². The molecule has 1 aliphatic carbocycles. The summed E-state index contributed by atoms with van der Waals surface area (Å²) < 4.78 is 5.23. The lowest BCUT2D eigenvalue weighted by Crippen LogP contribution is -2.42. The van der Waals surface area contributed by atoms with Crippen molar-refractivity contribution in [3.63, 3.8) is 0 Å². The van der Waals surface area contributed by atoms with Gasteiger partial charge in [-0.1, -0.05) is 29.8 Å². The molecule has 0 amide bonds. The molecule has 19 heavy (non-hydrogen) atoms. The minimum absolute atomic E-state index is 0.0392. The number of rotatable bonds is 7. The van der Waals surface area contributed by atoms with Gasteiger partial charge >= 0.3 is 0 Å². The van der Waals surface area contributed by atoms with Gasteiger partial charge in [0.15, 0.2) is 0 Å². The number of nitrogens with two attached hydrogens (primary N) is 1. The average molecular weight is 283 g/mol.